The van der Waals surface area contributed by atoms with Crippen LogP contribution in [0.5, 0.6) is 0 Å². The SMILES string of the molecule is O=C(Nc1c(F)c(F)cc(F)c1F)c1cccc(F)c1F. The average Bonchev–Trinajstić information content (AvgIpc) is 2.44. The van der Waals surface area contributed by atoms with Gasteiger partial charge in [0.2, 0.25) is 0 Å². The summed E-state index contributed by atoms with van der Waals surface area (Å²) in [5.41, 5.74) is -2.31. The van der Waals surface area contributed by atoms with Gasteiger partial charge in [0.25, 0.3) is 5.91 Å². The Labute approximate surface area is 114 Å². The van der Waals surface area contributed by atoms with E-state index >= 15 is 0 Å². The molecule has 0 atom stereocenters. The normalized spacial score (nSPS) is 10.6. The molecular weight excluding hydrogens is 300 g/mol. The van der Waals surface area contributed by atoms with Gasteiger partial charge in [0, 0.05) is 6.07 Å². The number of benzene rings is 2. The topological polar surface area (TPSA) is 29.1 Å². The maximum atomic E-state index is 13.3. The highest BCUT2D eigenvalue weighted by atomic mass is 19.2. The van der Waals surface area contributed by atoms with Crippen LogP contribution in [-0.2, 0) is 0 Å². The van der Waals surface area contributed by atoms with E-state index in [9.17, 15) is 31.1 Å². The molecule has 0 radical (unpaired) electrons. The third kappa shape index (κ3) is 2.69. The summed E-state index contributed by atoms with van der Waals surface area (Å²) in [5.74, 6) is -11.6. The van der Waals surface area contributed by atoms with Gasteiger partial charge in [0.05, 0.1) is 5.56 Å². The smallest absolute Gasteiger partial charge is 0.258 e. The van der Waals surface area contributed by atoms with E-state index in [-0.39, 0.29) is 6.07 Å². The minimum atomic E-state index is -1.86. The van der Waals surface area contributed by atoms with Gasteiger partial charge in [-0.1, -0.05) is 6.07 Å². The third-order valence-corrected chi connectivity index (χ3v) is 2.55. The second-order valence-corrected chi connectivity index (χ2v) is 3.90. The van der Waals surface area contributed by atoms with E-state index < -0.39 is 52.1 Å². The van der Waals surface area contributed by atoms with Crippen LogP contribution in [0.15, 0.2) is 24.3 Å². The lowest BCUT2D eigenvalue weighted by molar-refractivity contribution is 0.102. The van der Waals surface area contributed by atoms with E-state index in [0.717, 1.165) is 18.2 Å². The van der Waals surface area contributed by atoms with Crippen LogP contribution in [0.2, 0.25) is 0 Å². The lowest BCUT2D eigenvalue weighted by atomic mass is 10.1. The van der Waals surface area contributed by atoms with Crippen LogP contribution in [0.3, 0.4) is 0 Å². The molecule has 1 amide bonds. The number of carbonyl (C=O) groups excluding carboxylic acids is 1. The number of halogens is 6. The molecule has 8 heteroatoms. The molecule has 2 nitrogen and oxygen atoms in total. The maximum absolute atomic E-state index is 13.3. The fourth-order valence-electron chi connectivity index (χ4n) is 1.54. The summed E-state index contributed by atoms with van der Waals surface area (Å²) in [7, 11) is 0. The Morgan fingerprint density at radius 3 is 1.95 bits per heavy atom. The molecule has 0 aliphatic rings. The van der Waals surface area contributed by atoms with E-state index in [0.29, 0.717) is 0 Å². The molecule has 0 heterocycles. The van der Waals surface area contributed by atoms with Crippen LogP contribution in [-0.4, -0.2) is 5.91 Å². The lowest BCUT2D eigenvalue weighted by Gasteiger charge is -2.09. The molecule has 0 saturated heterocycles. The van der Waals surface area contributed by atoms with Crippen molar-refractivity contribution in [3.63, 3.8) is 0 Å². The van der Waals surface area contributed by atoms with Crippen molar-refractivity contribution in [1.29, 1.82) is 0 Å². The van der Waals surface area contributed by atoms with Crippen molar-refractivity contribution in [3.8, 4) is 0 Å². The average molecular weight is 305 g/mol. The molecule has 2 aromatic rings. The number of amides is 1. The molecule has 0 bridgehead atoms. The van der Waals surface area contributed by atoms with Gasteiger partial charge in [-0.2, -0.15) is 0 Å². The second-order valence-electron chi connectivity index (χ2n) is 3.90. The Kier molecular flexibility index (Phi) is 3.88. The molecule has 0 saturated carbocycles. The van der Waals surface area contributed by atoms with Crippen LogP contribution in [0.4, 0.5) is 32.0 Å². The Morgan fingerprint density at radius 1 is 0.810 bits per heavy atom. The third-order valence-electron chi connectivity index (χ3n) is 2.55. The maximum Gasteiger partial charge on any atom is 0.258 e. The molecule has 0 aliphatic heterocycles. The summed E-state index contributed by atoms with van der Waals surface area (Å²) in [6, 6.07) is 2.48. The Hall–Kier alpha value is -2.51. The second kappa shape index (κ2) is 5.47. The van der Waals surface area contributed by atoms with Gasteiger partial charge in [-0.05, 0) is 12.1 Å². The molecule has 0 unspecified atom stereocenters. The van der Waals surface area contributed by atoms with Crippen molar-refractivity contribution in [2.24, 2.45) is 0 Å². The largest absolute Gasteiger partial charge is 0.317 e. The van der Waals surface area contributed by atoms with Gasteiger partial charge in [-0.25, -0.2) is 26.3 Å². The van der Waals surface area contributed by atoms with E-state index in [4.69, 9.17) is 0 Å². The van der Waals surface area contributed by atoms with Crippen molar-refractivity contribution in [2.45, 2.75) is 0 Å². The lowest BCUT2D eigenvalue weighted by Crippen LogP contribution is -2.17. The van der Waals surface area contributed by atoms with Crippen molar-refractivity contribution in [2.75, 3.05) is 5.32 Å². The fraction of sp³-hybridized carbons (Fsp3) is 0. The van der Waals surface area contributed by atoms with E-state index in [1.54, 1.807) is 0 Å². The van der Waals surface area contributed by atoms with Gasteiger partial charge in [-0.3, -0.25) is 4.79 Å². The first-order valence-electron chi connectivity index (χ1n) is 5.41. The minimum absolute atomic E-state index is 0.0525. The summed E-state index contributed by atoms with van der Waals surface area (Å²) in [5, 5.41) is 1.47. The Bertz CT molecular complexity index is 705. The molecular formula is C13H5F6NO. The first kappa shape index (κ1) is 14.9. The zero-order valence-electron chi connectivity index (χ0n) is 9.99. The molecule has 110 valence electrons. The predicted molar refractivity (Wildman–Crippen MR) is 60.6 cm³/mol. The fourth-order valence-corrected chi connectivity index (χ4v) is 1.54. The molecule has 2 rings (SSSR count). The number of hydrogen-bond donors (Lipinski definition) is 1. The van der Waals surface area contributed by atoms with Gasteiger partial charge in [-0.15, -0.1) is 0 Å². The highest BCUT2D eigenvalue weighted by Crippen LogP contribution is 2.25. The highest BCUT2D eigenvalue weighted by molar-refractivity contribution is 6.04. The predicted octanol–water partition coefficient (Wildman–Crippen LogP) is 3.77. The molecule has 1 N–H and O–H groups in total. The van der Waals surface area contributed by atoms with Gasteiger partial charge >= 0.3 is 0 Å². The summed E-state index contributed by atoms with van der Waals surface area (Å²) in [4.78, 5) is 11.6. The van der Waals surface area contributed by atoms with Crippen molar-refractivity contribution in [3.05, 3.63) is 64.7 Å². The Balaban J connectivity index is 2.43. The van der Waals surface area contributed by atoms with Crippen LogP contribution >= 0.6 is 0 Å². The summed E-state index contributed by atoms with van der Waals surface area (Å²) < 4.78 is 78.9. The number of hydrogen-bond acceptors (Lipinski definition) is 1. The summed E-state index contributed by atoms with van der Waals surface area (Å²) in [6.07, 6.45) is 0. The van der Waals surface area contributed by atoms with Gasteiger partial charge in [0.1, 0.15) is 5.69 Å². The summed E-state index contributed by atoms with van der Waals surface area (Å²) >= 11 is 0. The number of anilines is 1. The zero-order valence-corrected chi connectivity index (χ0v) is 9.99. The van der Waals surface area contributed by atoms with Gasteiger partial charge in [0.15, 0.2) is 34.9 Å². The number of nitrogens with one attached hydrogen (secondary N) is 1. The number of rotatable bonds is 2. The molecule has 2 aromatic carbocycles. The van der Waals surface area contributed by atoms with Crippen LogP contribution in [0.1, 0.15) is 10.4 Å². The molecule has 0 spiro atoms. The molecule has 21 heavy (non-hydrogen) atoms. The quantitative estimate of drug-likeness (QED) is 0.664. The van der Waals surface area contributed by atoms with Crippen molar-refractivity contribution >= 4 is 11.6 Å². The Morgan fingerprint density at radius 2 is 1.38 bits per heavy atom. The van der Waals surface area contributed by atoms with Gasteiger partial charge < -0.3 is 5.32 Å². The molecule has 0 aromatic heterocycles. The van der Waals surface area contributed by atoms with Crippen molar-refractivity contribution < 1.29 is 31.1 Å². The van der Waals surface area contributed by atoms with Crippen LogP contribution in [0, 0.1) is 34.9 Å². The standard InChI is InChI=1S/C13H5F6NO/c14-6-3-1-2-5(9(6)17)13(21)20-12-10(18)7(15)4-8(16)11(12)19/h1-4H,(H,20,21). The van der Waals surface area contributed by atoms with Crippen LogP contribution in [0.25, 0.3) is 0 Å². The first-order valence-corrected chi connectivity index (χ1v) is 5.41. The van der Waals surface area contributed by atoms with Crippen molar-refractivity contribution in [1.82, 2.24) is 0 Å². The summed E-state index contributed by atoms with van der Waals surface area (Å²) in [6.45, 7) is 0. The molecule has 0 fully saturated rings. The number of carbonyl (C=O) groups is 1. The van der Waals surface area contributed by atoms with E-state index in [1.807, 2.05) is 0 Å². The van der Waals surface area contributed by atoms with Crippen LogP contribution < -0.4 is 5.32 Å². The molecule has 0 aliphatic carbocycles. The first-order chi connectivity index (χ1) is 9.82. The zero-order chi connectivity index (χ0) is 15.7. The highest BCUT2D eigenvalue weighted by Gasteiger charge is 2.23. The monoisotopic (exact) mass is 305 g/mol. The van der Waals surface area contributed by atoms with E-state index in [1.165, 1.54) is 5.32 Å². The van der Waals surface area contributed by atoms with E-state index in [2.05, 4.69) is 0 Å². The minimum Gasteiger partial charge on any atom is -0.317 e.